The van der Waals surface area contributed by atoms with Gasteiger partial charge in [0.15, 0.2) is 0 Å². The lowest BCUT2D eigenvalue weighted by Crippen LogP contribution is -2.20. The zero-order chi connectivity index (χ0) is 16.8. The minimum Gasteiger partial charge on any atom is -0.462 e. The van der Waals surface area contributed by atoms with E-state index in [0.717, 1.165) is 0 Å². The quantitative estimate of drug-likeness (QED) is 0.500. The highest BCUT2D eigenvalue weighted by atomic mass is 35.5. The molecular weight excluding hydrogens is 351 g/mol. The Balaban J connectivity index is 0.00000225. The second-order valence-corrected chi connectivity index (χ2v) is 7.49. The van der Waals surface area contributed by atoms with E-state index in [2.05, 4.69) is 48.5 Å². The fourth-order valence-corrected chi connectivity index (χ4v) is 4.84. The normalized spacial score (nSPS) is 10.2. The molecule has 0 aliphatic heterocycles. The Bertz CT molecular complexity index is 750. The molecule has 3 aromatic rings. The average molecular weight is 371 g/mol. The zero-order valence-electron chi connectivity index (χ0n) is 14.0. The molecule has 25 heavy (non-hydrogen) atoms. The van der Waals surface area contributed by atoms with Crippen molar-refractivity contribution in [1.29, 1.82) is 0 Å². The van der Waals surface area contributed by atoms with Gasteiger partial charge >= 0.3 is 5.97 Å². The van der Waals surface area contributed by atoms with Gasteiger partial charge in [-0.2, -0.15) is 0 Å². The summed E-state index contributed by atoms with van der Waals surface area (Å²) < 4.78 is 5.06. The van der Waals surface area contributed by atoms with E-state index in [1.807, 2.05) is 43.3 Å². The first-order valence-electron chi connectivity index (χ1n) is 7.97. The predicted octanol–water partition coefficient (Wildman–Crippen LogP) is 4.04. The SMILES string of the molecule is CCOC(=O)c1ccc(P(c2ccccc2)c2ccccc2)cc1.Cl. The number of ether oxygens (including phenoxy) is 1. The highest BCUT2D eigenvalue weighted by molar-refractivity contribution is 7.79. The molecule has 3 aromatic carbocycles. The summed E-state index contributed by atoms with van der Waals surface area (Å²) in [6, 6.07) is 28.8. The predicted molar refractivity (Wildman–Crippen MR) is 108 cm³/mol. The van der Waals surface area contributed by atoms with Crippen LogP contribution in [-0.4, -0.2) is 12.6 Å². The maximum absolute atomic E-state index is 11.8. The summed E-state index contributed by atoms with van der Waals surface area (Å²) >= 11 is 0. The van der Waals surface area contributed by atoms with Crippen molar-refractivity contribution in [3.8, 4) is 0 Å². The summed E-state index contributed by atoms with van der Waals surface area (Å²) in [7, 11) is -0.638. The van der Waals surface area contributed by atoms with E-state index in [-0.39, 0.29) is 18.4 Å². The highest BCUT2D eigenvalue weighted by Gasteiger charge is 2.16. The van der Waals surface area contributed by atoms with Gasteiger partial charge in [-0.25, -0.2) is 4.79 Å². The highest BCUT2D eigenvalue weighted by Crippen LogP contribution is 2.32. The van der Waals surface area contributed by atoms with E-state index in [0.29, 0.717) is 12.2 Å². The molecule has 0 saturated heterocycles. The van der Waals surface area contributed by atoms with Crippen LogP contribution in [-0.2, 0) is 4.74 Å². The molecule has 0 radical (unpaired) electrons. The van der Waals surface area contributed by atoms with Crippen LogP contribution in [0.4, 0.5) is 0 Å². The summed E-state index contributed by atoms with van der Waals surface area (Å²) in [6.45, 7) is 2.21. The van der Waals surface area contributed by atoms with Crippen LogP contribution < -0.4 is 15.9 Å². The largest absolute Gasteiger partial charge is 0.462 e. The number of carbonyl (C=O) groups is 1. The van der Waals surface area contributed by atoms with Crippen LogP contribution in [0.1, 0.15) is 17.3 Å². The summed E-state index contributed by atoms with van der Waals surface area (Å²) in [5, 5.41) is 3.81. The van der Waals surface area contributed by atoms with Crippen LogP contribution in [0.3, 0.4) is 0 Å². The van der Waals surface area contributed by atoms with Gasteiger partial charge in [0.1, 0.15) is 0 Å². The third kappa shape index (κ3) is 4.69. The molecule has 3 rings (SSSR count). The number of carbonyl (C=O) groups excluding carboxylic acids is 1. The minimum atomic E-state index is -0.638. The van der Waals surface area contributed by atoms with Crippen molar-refractivity contribution in [2.45, 2.75) is 6.92 Å². The summed E-state index contributed by atoms with van der Waals surface area (Å²) in [5.74, 6) is -0.271. The molecule has 0 bridgehead atoms. The fraction of sp³-hybridized carbons (Fsp3) is 0.0952. The molecule has 128 valence electrons. The number of hydrogen-bond donors (Lipinski definition) is 0. The Morgan fingerprint density at radius 1 is 0.760 bits per heavy atom. The first-order valence-corrected chi connectivity index (χ1v) is 9.31. The molecule has 0 aromatic heterocycles. The number of esters is 1. The molecule has 0 atom stereocenters. The number of halogens is 1. The Hall–Kier alpha value is -2.15. The first kappa shape index (κ1) is 19.2. The van der Waals surface area contributed by atoms with Gasteiger partial charge in [-0.15, -0.1) is 12.4 Å². The van der Waals surface area contributed by atoms with Gasteiger partial charge in [0.25, 0.3) is 0 Å². The second-order valence-electron chi connectivity index (χ2n) is 5.27. The van der Waals surface area contributed by atoms with E-state index in [4.69, 9.17) is 4.74 Å². The summed E-state index contributed by atoms with van der Waals surface area (Å²) in [6.07, 6.45) is 0. The van der Waals surface area contributed by atoms with E-state index < -0.39 is 7.92 Å². The third-order valence-electron chi connectivity index (χ3n) is 3.67. The van der Waals surface area contributed by atoms with E-state index >= 15 is 0 Å². The van der Waals surface area contributed by atoms with Gasteiger partial charge in [-0.3, -0.25) is 0 Å². The lowest BCUT2D eigenvalue weighted by atomic mass is 10.2. The van der Waals surface area contributed by atoms with Gasteiger partial charge in [-0.05, 0) is 42.9 Å². The van der Waals surface area contributed by atoms with Crippen molar-refractivity contribution in [1.82, 2.24) is 0 Å². The monoisotopic (exact) mass is 370 g/mol. The molecule has 0 aliphatic carbocycles. The van der Waals surface area contributed by atoms with Crippen LogP contribution in [0.15, 0.2) is 84.9 Å². The Morgan fingerprint density at radius 3 is 1.64 bits per heavy atom. The van der Waals surface area contributed by atoms with Crippen molar-refractivity contribution in [3.05, 3.63) is 90.5 Å². The summed E-state index contributed by atoms with van der Waals surface area (Å²) in [5.41, 5.74) is 0.594. The Labute approximate surface area is 156 Å². The third-order valence-corrected chi connectivity index (χ3v) is 6.11. The van der Waals surface area contributed by atoms with E-state index in [9.17, 15) is 4.79 Å². The summed E-state index contributed by atoms with van der Waals surface area (Å²) in [4.78, 5) is 11.8. The topological polar surface area (TPSA) is 26.3 Å². The first-order chi connectivity index (χ1) is 11.8. The number of hydrogen-bond acceptors (Lipinski definition) is 2. The van der Waals surface area contributed by atoms with Gasteiger partial charge in [0.2, 0.25) is 0 Å². The van der Waals surface area contributed by atoms with Crippen molar-refractivity contribution < 1.29 is 9.53 Å². The second kappa shape index (κ2) is 9.36. The smallest absolute Gasteiger partial charge is 0.338 e. The van der Waals surface area contributed by atoms with Crippen LogP contribution in [0, 0.1) is 0 Å². The van der Waals surface area contributed by atoms with Crippen molar-refractivity contribution in [3.63, 3.8) is 0 Å². The van der Waals surface area contributed by atoms with E-state index in [1.165, 1.54) is 15.9 Å². The van der Waals surface area contributed by atoms with Crippen LogP contribution >= 0.6 is 20.3 Å². The maximum Gasteiger partial charge on any atom is 0.338 e. The van der Waals surface area contributed by atoms with Crippen molar-refractivity contribution in [2.24, 2.45) is 0 Å². The molecule has 0 saturated carbocycles. The van der Waals surface area contributed by atoms with Gasteiger partial charge < -0.3 is 4.74 Å². The molecule has 0 spiro atoms. The number of rotatable bonds is 5. The van der Waals surface area contributed by atoms with Gasteiger partial charge in [0, 0.05) is 0 Å². The molecule has 0 N–H and O–H groups in total. The molecule has 0 fully saturated rings. The van der Waals surface area contributed by atoms with Crippen molar-refractivity contribution >= 4 is 42.2 Å². The Kier molecular flexibility index (Phi) is 7.18. The molecule has 0 unspecified atom stereocenters. The van der Waals surface area contributed by atoms with Crippen molar-refractivity contribution in [2.75, 3.05) is 6.61 Å². The fourth-order valence-electron chi connectivity index (χ4n) is 2.56. The Morgan fingerprint density at radius 2 is 1.20 bits per heavy atom. The molecule has 0 amide bonds. The molecule has 4 heteroatoms. The van der Waals surface area contributed by atoms with Crippen LogP contribution in [0.2, 0.25) is 0 Å². The minimum absolute atomic E-state index is 0. The molecule has 0 aliphatic rings. The maximum atomic E-state index is 11.8. The average Bonchev–Trinajstić information content (AvgIpc) is 2.64. The van der Waals surface area contributed by atoms with Crippen LogP contribution in [0.25, 0.3) is 0 Å². The molecular formula is C21H20ClO2P. The lowest BCUT2D eigenvalue weighted by molar-refractivity contribution is 0.0526. The van der Waals surface area contributed by atoms with Gasteiger partial charge in [0.05, 0.1) is 12.2 Å². The van der Waals surface area contributed by atoms with Gasteiger partial charge in [-0.1, -0.05) is 72.8 Å². The molecule has 2 nitrogen and oxygen atoms in total. The number of benzene rings is 3. The lowest BCUT2D eigenvalue weighted by Gasteiger charge is -2.19. The zero-order valence-corrected chi connectivity index (χ0v) is 15.7. The standard InChI is InChI=1S/C21H19O2P.ClH/c1-2-23-21(22)17-13-15-20(16-14-17)24(18-9-5-3-6-10-18)19-11-7-4-8-12-19;/h3-16H,2H2,1H3;1H. The van der Waals surface area contributed by atoms with E-state index in [1.54, 1.807) is 0 Å². The van der Waals surface area contributed by atoms with Crippen LogP contribution in [0.5, 0.6) is 0 Å². The molecule has 0 heterocycles.